The minimum Gasteiger partial charge on any atom is -0.354 e. The molecule has 0 unspecified atom stereocenters. The van der Waals surface area contributed by atoms with E-state index in [2.05, 4.69) is 10.4 Å². The molecular formula is C11H15ClN4O. The Bertz CT molecular complexity index is 464. The Morgan fingerprint density at radius 3 is 2.82 bits per heavy atom. The molecule has 5 nitrogen and oxygen atoms in total. The third-order valence-electron chi connectivity index (χ3n) is 3.67. The Kier molecular flexibility index (Phi) is 2.50. The fraction of sp³-hybridized carbons (Fsp3) is 0.636. The van der Waals surface area contributed by atoms with E-state index in [1.807, 2.05) is 11.9 Å². The van der Waals surface area contributed by atoms with Crippen LogP contribution in [0.2, 0.25) is 0 Å². The number of hydrogen-bond donors (Lipinski definition) is 1. The summed E-state index contributed by atoms with van der Waals surface area (Å²) in [5, 5.41) is 6.93. The molecule has 0 atom stereocenters. The summed E-state index contributed by atoms with van der Waals surface area (Å²) in [7, 11) is 1.95. The van der Waals surface area contributed by atoms with Gasteiger partial charge in [-0.25, -0.2) is 0 Å². The molecule has 0 saturated heterocycles. The van der Waals surface area contributed by atoms with Crippen molar-refractivity contribution in [2.24, 2.45) is 0 Å². The van der Waals surface area contributed by atoms with Crippen LogP contribution < -0.4 is 10.2 Å². The minimum absolute atomic E-state index is 0.128. The van der Waals surface area contributed by atoms with Gasteiger partial charge in [-0.3, -0.25) is 4.79 Å². The predicted octanol–water partition coefficient (Wildman–Crippen LogP) is 1.68. The number of nitrogens with zero attached hydrogens (tertiary/aromatic N) is 3. The zero-order valence-corrected chi connectivity index (χ0v) is 10.5. The molecule has 2 heterocycles. The molecule has 0 radical (unpaired) electrons. The van der Waals surface area contributed by atoms with Crippen LogP contribution in [0.4, 0.5) is 5.69 Å². The van der Waals surface area contributed by atoms with Crippen molar-refractivity contribution in [3.05, 3.63) is 11.4 Å². The molecule has 0 spiro atoms. The van der Waals surface area contributed by atoms with Crippen molar-refractivity contribution in [3.63, 3.8) is 0 Å². The third kappa shape index (κ3) is 1.60. The van der Waals surface area contributed by atoms with Crippen molar-refractivity contribution in [1.82, 2.24) is 14.6 Å². The van der Waals surface area contributed by atoms with Crippen molar-refractivity contribution >= 4 is 23.4 Å². The summed E-state index contributed by atoms with van der Waals surface area (Å²) < 4.78 is 1.38. The molecule has 0 bridgehead atoms. The lowest BCUT2D eigenvalue weighted by atomic mass is 10.0. The molecule has 1 aliphatic carbocycles. The van der Waals surface area contributed by atoms with E-state index in [-0.39, 0.29) is 5.91 Å². The standard InChI is InChI=1S/C11H15ClN4O/c1-15-6-13-11(17)8-10(15)9(16(12)14-8)7-4-2-3-5-7/h7H,2-6H2,1H3,(H,13,17). The van der Waals surface area contributed by atoms with Crippen LogP contribution in [0.15, 0.2) is 0 Å². The number of halogens is 1. The van der Waals surface area contributed by atoms with E-state index < -0.39 is 0 Å². The first-order valence-corrected chi connectivity index (χ1v) is 6.30. The maximum Gasteiger partial charge on any atom is 0.275 e. The number of amides is 1. The van der Waals surface area contributed by atoms with E-state index in [1.165, 1.54) is 17.0 Å². The molecular weight excluding hydrogens is 240 g/mol. The van der Waals surface area contributed by atoms with E-state index in [0.29, 0.717) is 18.3 Å². The maximum absolute atomic E-state index is 11.7. The molecule has 92 valence electrons. The average molecular weight is 255 g/mol. The first-order chi connectivity index (χ1) is 8.18. The summed E-state index contributed by atoms with van der Waals surface area (Å²) in [6.07, 6.45) is 4.75. The topological polar surface area (TPSA) is 50.2 Å². The van der Waals surface area contributed by atoms with Crippen LogP contribution in [0.25, 0.3) is 0 Å². The fourth-order valence-electron chi connectivity index (χ4n) is 2.82. The summed E-state index contributed by atoms with van der Waals surface area (Å²) >= 11 is 6.14. The molecule has 1 aliphatic heterocycles. The zero-order valence-electron chi connectivity index (χ0n) is 9.74. The quantitative estimate of drug-likeness (QED) is 0.830. The summed E-state index contributed by atoms with van der Waals surface area (Å²) in [4.78, 5) is 13.7. The highest BCUT2D eigenvalue weighted by atomic mass is 35.5. The Labute approximate surface area is 105 Å². The van der Waals surface area contributed by atoms with Gasteiger partial charge < -0.3 is 10.2 Å². The van der Waals surface area contributed by atoms with E-state index in [4.69, 9.17) is 11.8 Å². The molecule has 17 heavy (non-hydrogen) atoms. The van der Waals surface area contributed by atoms with Crippen molar-refractivity contribution in [3.8, 4) is 0 Å². The largest absolute Gasteiger partial charge is 0.354 e. The number of nitrogens with one attached hydrogen (secondary N) is 1. The second-order valence-corrected chi connectivity index (χ2v) is 5.11. The van der Waals surface area contributed by atoms with Gasteiger partial charge in [-0.15, -0.1) is 5.10 Å². The number of carbonyl (C=O) groups excluding carboxylic acids is 1. The molecule has 1 fully saturated rings. The van der Waals surface area contributed by atoms with Gasteiger partial charge in [0.25, 0.3) is 5.91 Å². The normalized spacial score (nSPS) is 20.6. The molecule has 1 amide bonds. The summed E-state index contributed by atoms with van der Waals surface area (Å²) in [5.41, 5.74) is 2.38. The first-order valence-electron chi connectivity index (χ1n) is 5.97. The van der Waals surface area contributed by atoms with Gasteiger partial charge in [-0.2, -0.15) is 4.20 Å². The molecule has 2 aliphatic rings. The summed E-state index contributed by atoms with van der Waals surface area (Å²) in [6.45, 7) is 0.522. The zero-order chi connectivity index (χ0) is 12.0. The molecule has 6 heteroatoms. The van der Waals surface area contributed by atoms with E-state index in [9.17, 15) is 4.79 Å². The first kappa shape index (κ1) is 10.9. The lowest BCUT2D eigenvalue weighted by Gasteiger charge is -2.26. The second-order valence-electron chi connectivity index (χ2n) is 4.79. The molecule has 1 aromatic heterocycles. The molecule has 0 aromatic carbocycles. The average Bonchev–Trinajstić information content (AvgIpc) is 2.90. The van der Waals surface area contributed by atoms with E-state index in [1.54, 1.807) is 0 Å². The summed E-state index contributed by atoms with van der Waals surface area (Å²) in [6, 6.07) is 0. The van der Waals surface area contributed by atoms with E-state index in [0.717, 1.165) is 24.2 Å². The Hall–Kier alpha value is -1.23. The number of anilines is 1. The number of carbonyl (C=O) groups is 1. The fourth-order valence-corrected chi connectivity index (χ4v) is 3.12. The van der Waals surface area contributed by atoms with Crippen LogP contribution in [-0.2, 0) is 0 Å². The smallest absolute Gasteiger partial charge is 0.275 e. The number of rotatable bonds is 1. The van der Waals surface area contributed by atoms with Crippen LogP contribution in [0.5, 0.6) is 0 Å². The van der Waals surface area contributed by atoms with Crippen molar-refractivity contribution in [2.75, 3.05) is 18.6 Å². The lowest BCUT2D eigenvalue weighted by molar-refractivity contribution is 0.0943. The van der Waals surface area contributed by atoms with Gasteiger partial charge in [-0.1, -0.05) is 12.8 Å². The van der Waals surface area contributed by atoms with Crippen LogP contribution >= 0.6 is 11.8 Å². The van der Waals surface area contributed by atoms with Gasteiger partial charge in [0.15, 0.2) is 5.69 Å². The van der Waals surface area contributed by atoms with E-state index >= 15 is 0 Å². The number of fused-ring (bicyclic) bond motifs is 1. The SMILES string of the molecule is CN1CNC(=O)c2nn(Cl)c(C3CCCC3)c21. The monoisotopic (exact) mass is 254 g/mol. The minimum atomic E-state index is -0.128. The van der Waals surface area contributed by atoms with Gasteiger partial charge in [-0.05, 0) is 12.8 Å². The van der Waals surface area contributed by atoms with Crippen LogP contribution in [-0.4, -0.2) is 28.9 Å². The molecule has 1 aromatic rings. The van der Waals surface area contributed by atoms with Gasteiger partial charge in [0, 0.05) is 24.7 Å². The van der Waals surface area contributed by atoms with Gasteiger partial charge in [0.2, 0.25) is 0 Å². The number of aromatic nitrogens is 2. The molecule has 3 rings (SSSR count). The molecule has 1 N–H and O–H groups in total. The number of hydrogen-bond acceptors (Lipinski definition) is 3. The van der Waals surface area contributed by atoms with Gasteiger partial charge >= 0.3 is 0 Å². The third-order valence-corrected chi connectivity index (χ3v) is 3.93. The van der Waals surface area contributed by atoms with Crippen molar-refractivity contribution in [2.45, 2.75) is 31.6 Å². The van der Waals surface area contributed by atoms with Crippen LogP contribution in [0, 0.1) is 0 Å². The van der Waals surface area contributed by atoms with Crippen LogP contribution in [0.3, 0.4) is 0 Å². The van der Waals surface area contributed by atoms with Crippen LogP contribution in [0.1, 0.15) is 47.8 Å². The van der Waals surface area contributed by atoms with Crippen molar-refractivity contribution in [1.29, 1.82) is 0 Å². The second kappa shape index (κ2) is 3.91. The summed E-state index contributed by atoms with van der Waals surface area (Å²) in [5.74, 6) is 0.314. The van der Waals surface area contributed by atoms with Gasteiger partial charge in [0.1, 0.15) is 0 Å². The highest BCUT2D eigenvalue weighted by Gasteiger charge is 2.33. The highest BCUT2D eigenvalue weighted by Crippen LogP contribution is 2.41. The Morgan fingerprint density at radius 1 is 1.41 bits per heavy atom. The van der Waals surface area contributed by atoms with Crippen molar-refractivity contribution < 1.29 is 4.79 Å². The Morgan fingerprint density at radius 2 is 2.12 bits per heavy atom. The highest BCUT2D eigenvalue weighted by molar-refractivity contribution is 6.16. The lowest BCUT2D eigenvalue weighted by Crippen LogP contribution is -2.41. The Balaban J connectivity index is 2.11. The maximum atomic E-state index is 11.7. The molecule has 1 saturated carbocycles. The predicted molar refractivity (Wildman–Crippen MR) is 65.4 cm³/mol. The van der Waals surface area contributed by atoms with Gasteiger partial charge in [0.05, 0.1) is 18.1 Å².